The predicted molar refractivity (Wildman–Crippen MR) is 73.6 cm³/mol. The number of hydrogen-bond donors (Lipinski definition) is 2. The molecule has 0 amide bonds. The minimum atomic E-state index is -0.413. The Labute approximate surface area is 115 Å². The van der Waals surface area contributed by atoms with Crippen LogP contribution in [0.5, 0.6) is 0 Å². The molecule has 2 fully saturated rings. The molecule has 1 saturated heterocycles. The first-order valence-electron chi connectivity index (χ1n) is 7.59. The molecule has 110 valence electrons. The third-order valence-corrected chi connectivity index (χ3v) is 4.62. The standard InChI is InChI=1S/C15H27NO3/c1-9(2)12-5-4-10(3)6-14(12)19-15(18)13-7-11(17)8-16-13/h9-14,16-17H,4-8H2,1-3H3/t10?,11?,12?,13-,14?/m0/s1. The number of carbonyl (C=O) groups excluding carboxylic acids is 1. The van der Waals surface area contributed by atoms with Crippen LogP contribution in [0, 0.1) is 17.8 Å². The Hall–Kier alpha value is -0.610. The monoisotopic (exact) mass is 269 g/mol. The molecule has 4 unspecified atom stereocenters. The first kappa shape index (κ1) is 14.8. The number of nitrogens with one attached hydrogen (secondary N) is 1. The lowest BCUT2D eigenvalue weighted by molar-refractivity contribution is -0.158. The van der Waals surface area contributed by atoms with E-state index in [1.165, 1.54) is 6.42 Å². The summed E-state index contributed by atoms with van der Waals surface area (Å²) in [6.45, 7) is 7.14. The molecule has 0 radical (unpaired) electrons. The van der Waals surface area contributed by atoms with Crippen LogP contribution in [0.25, 0.3) is 0 Å². The highest BCUT2D eigenvalue weighted by Gasteiger charge is 2.36. The van der Waals surface area contributed by atoms with Crippen LogP contribution in [0.15, 0.2) is 0 Å². The van der Waals surface area contributed by atoms with Crippen LogP contribution in [0.2, 0.25) is 0 Å². The van der Waals surface area contributed by atoms with Crippen LogP contribution in [-0.4, -0.2) is 35.9 Å². The second kappa shape index (κ2) is 6.23. The molecule has 0 bridgehead atoms. The molecular weight excluding hydrogens is 242 g/mol. The van der Waals surface area contributed by atoms with Gasteiger partial charge in [-0.2, -0.15) is 0 Å². The van der Waals surface area contributed by atoms with Crippen molar-refractivity contribution in [2.24, 2.45) is 17.8 Å². The Morgan fingerprint density at radius 2 is 2.05 bits per heavy atom. The Morgan fingerprint density at radius 3 is 2.63 bits per heavy atom. The van der Waals surface area contributed by atoms with E-state index in [9.17, 15) is 9.90 Å². The second-order valence-corrected chi connectivity index (χ2v) is 6.65. The molecular formula is C15H27NO3. The lowest BCUT2D eigenvalue weighted by atomic mass is 9.75. The van der Waals surface area contributed by atoms with Crippen molar-refractivity contribution < 1.29 is 14.6 Å². The Balaban J connectivity index is 1.92. The average Bonchev–Trinajstić information content (AvgIpc) is 2.75. The molecule has 19 heavy (non-hydrogen) atoms. The number of aliphatic hydroxyl groups excluding tert-OH is 1. The number of rotatable bonds is 3. The largest absolute Gasteiger partial charge is 0.461 e. The highest BCUT2D eigenvalue weighted by Crippen LogP contribution is 2.35. The first-order chi connectivity index (χ1) is 8.97. The van der Waals surface area contributed by atoms with Crippen LogP contribution in [0.4, 0.5) is 0 Å². The molecule has 0 spiro atoms. The minimum absolute atomic E-state index is 0.0517. The zero-order valence-corrected chi connectivity index (χ0v) is 12.3. The molecule has 1 saturated carbocycles. The van der Waals surface area contributed by atoms with Crippen molar-refractivity contribution in [3.8, 4) is 0 Å². The van der Waals surface area contributed by atoms with Crippen molar-refractivity contribution in [1.29, 1.82) is 0 Å². The maximum absolute atomic E-state index is 12.1. The fourth-order valence-corrected chi connectivity index (χ4v) is 3.38. The maximum Gasteiger partial charge on any atom is 0.323 e. The zero-order valence-electron chi connectivity index (χ0n) is 12.3. The average molecular weight is 269 g/mol. The minimum Gasteiger partial charge on any atom is -0.461 e. The van der Waals surface area contributed by atoms with E-state index in [0.717, 1.165) is 12.8 Å². The number of carbonyl (C=O) groups is 1. The highest BCUT2D eigenvalue weighted by atomic mass is 16.5. The van der Waals surface area contributed by atoms with Crippen LogP contribution >= 0.6 is 0 Å². The van der Waals surface area contributed by atoms with Gasteiger partial charge in [-0.25, -0.2) is 0 Å². The number of aliphatic hydroxyl groups is 1. The van der Waals surface area contributed by atoms with Crippen molar-refractivity contribution in [3.05, 3.63) is 0 Å². The van der Waals surface area contributed by atoms with Gasteiger partial charge in [0.1, 0.15) is 12.1 Å². The maximum atomic E-state index is 12.1. The van der Waals surface area contributed by atoms with Gasteiger partial charge in [-0.05, 0) is 30.6 Å². The lowest BCUT2D eigenvalue weighted by Crippen LogP contribution is -2.40. The van der Waals surface area contributed by atoms with Gasteiger partial charge in [0.05, 0.1) is 6.10 Å². The molecule has 1 aliphatic heterocycles. The number of hydrogen-bond acceptors (Lipinski definition) is 4. The Kier molecular flexibility index (Phi) is 4.85. The SMILES string of the molecule is CC1CCC(C(C)C)C(OC(=O)[C@@H]2CC(O)CN2)C1. The van der Waals surface area contributed by atoms with E-state index < -0.39 is 6.10 Å². The summed E-state index contributed by atoms with van der Waals surface area (Å²) in [7, 11) is 0. The Morgan fingerprint density at radius 1 is 1.32 bits per heavy atom. The van der Waals surface area contributed by atoms with Crippen LogP contribution in [-0.2, 0) is 9.53 Å². The third-order valence-electron chi connectivity index (χ3n) is 4.62. The quantitative estimate of drug-likeness (QED) is 0.766. The molecule has 1 heterocycles. The Bertz CT molecular complexity index is 319. The van der Waals surface area contributed by atoms with Crippen LogP contribution < -0.4 is 5.32 Å². The summed E-state index contributed by atoms with van der Waals surface area (Å²) in [6.07, 6.45) is 3.48. The van der Waals surface area contributed by atoms with Gasteiger partial charge in [0.15, 0.2) is 0 Å². The van der Waals surface area contributed by atoms with E-state index in [4.69, 9.17) is 4.74 Å². The van der Waals surface area contributed by atoms with Crippen molar-refractivity contribution in [2.75, 3.05) is 6.54 Å². The van der Waals surface area contributed by atoms with Gasteiger partial charge < -0.3 is 15.2 Å². The summed E-state index contributed by atoms with van der Waals surface area (Å²) < 4.78 is 5.76. The molecule has 2 rings (SSSR count). The van der Waals surface area contributed by atoms with Crippen molar-refractivity contribution in [3.63, 3.8) is 0 Å². The molecule has 2 aliphatic rings. The molecule has 0 aromatic carbocycles. The molecule has 4 nitrogen and oxygen atoms in total. The normalized spacial score (nSPS) is 39.5. The second-order valence-electron chi connectivity index (χ2n) is 6.65. The fourth-order valence-electron chi connectivity index (χ4n) is 3.38. The van der Waals surface area contributed by atoms with Crippen LogP contribution in [0.1, 0.15) is 46.5 Å². The molecule has 4 heteroatoms. The van der Waals surface area contributed by atoms with Crippen molar-refractivity contribution in [2.45, 2.75) is 64.7 Å². The van der Waals surface area contributed by atoms with Gasteiger partial charge in [-0.15, -0.1) is 0 Å². The van der Waals surface area contributed by atoms with Gasteiger partial charge in [0.2, 0.25) is 0 Å². The van der Waals surface area contributed by atoms with E-state index in [1.807, 2.05) is 0 Å². The van der Waals surface area contributed by atoms with E-state index >= 15 is 0 Å². The van der Waals surface area contributed by atoms with E-state index in [1.54, 1.807) is 0 Å². The lowest BCUT2D eigenvalue weighted by Gasteiger charge is -2.37. The fraction of sp³-hybridized carbons (Fsp3) is 0.933. The summed E-state index contributed by atoms with van der Waals surface area (Å²) >= 11 is 0. The van der Waals surface area contributed by atoms with Crippen LogP contribution in [0.3, 0.4) is 0 Å². The predicted octanol–water partition coefficient (Wildman–Crippen LogP) is 1.71. The number of β-amino-alcohol motifs (C(OH)–C–C–N with tert-alkyl or cyclic N) is 1. The summed E-state index contributed by atoms with van der Waals surface area (Å²) in [4.78, 5) is 12.1. The first-order valence-corrected chi connectivity index (χ1v) is 7.59. The summed E-state index contributed by atoms with van der Waals surface area (Å²) in [5, 5.41) is 12.5. The zero-order chi connectivity index (χ0) is 14.0. The molecule has 2 N–H and O–H groups in total. The van der Waals surface area contributed by atoms with Crippen molar-refractivity contribution >= 4 is 5.97 Å². The van der Waals surface area contributed by atoms with Gasteiger partial charge in [-0.1, -0.05) is 27.2 Å². The number of ether oxygens (including phenoxy) is 1. The summed E-state index contributed by atoms with van der Waals surface area (Å²) in [6, 6.07) is -0.319. The van der Waals surface area contributed by atoms with Gasteiger partial charge >= 0.3 is 5.97 Å². The molecule has 0 aromatic rings. The topological polar surface area (TPSA) is 58.6 Å². The summed E-state index contributed by atoms with van der Waals surface area (Å²) in [5.41, 5.74) is 0. The molecule has 0 aromatic heterocycles. The molecule has 5 atom stereocenters. The third kappa shape index (κ3) is 3.69. The van der Waals surface area contributed by atoms with Gasteiger partial charge in [-0.3, -0.25) is 4.79 Å². The number of esters is 1. The van der Waals surface area contributed by atoms with Crippen molar-refractivity contribution in [1.82, 2.24) is 5.32 Å². The smallest absolute Gasteiger partial charge is 0.323 e. The van der Waals surface area contributed by atoms with E-state index in [2.05, 4.69) is 26.1 Å². The van der Waals surface area contributed by atoms with Gasteiger partial charge in [0, 0.05) is 13.0 Å². The molecule has 1 aliphatic carbocycles. The van der Waals surface area contributed by atoms with E-state index in [0.29, 0.717) is 30.7 Å². The van der Waals surface area contributed by atoms with E-state index in [-0.39, 0.29) is 18.1 Å². The van der Waals surface area contributed by atoms with Gasteiger partial charge in [0.25, 0.3) is 0 Å². The summed E-state index contributed by atoms with van der Waals surface area (Å²) in [5.74, 6) is 1.48. The highest BCUT2D eigenvalue weighted by molar-refractivity contribution is 5.76.